The molecule has 2 amide bonds. The molecule has 5 heteroatoms. The van der Waals surface area contributed by atoms with E-state index >= 15 is 0 Å². The first-order valence-corrected chi connectivity index (χ1v) is 9.18. The Morgan fingerprint density at radius 3 is 2.46 bits per heavy atom. The predicted molar refractivity (Wildman–Crippen MR) is 102 cm³/mol. The molecule has 5 nitrogen and oxygen atoms in total. The maximum atomic E-state index is 12.4. The third-order valence-electron chi connectivity index (χ3n) is 5.11. The van der Waals surface area contributed by atoms with E-state index in [0.29, 0.717) is 13.0 Å². The number of hydrogen-bond donors (Lipinski definition) is 1. The van der Waals surface area contributed by atoms with Gasteiger partial charge in [0, 0.05) is 37.4 Å². The first-order valence-electron chi connectivity index (χ1n) is 9.18. The zero-order valence-corrected chi connectivity index (χ0v) is 14.8. The van der Waals surface area contributed by atoms with Crippen molar-refractivity contribution in [2.75, 3.05) is 29.9 Å². The molecular weight excluding hydrogens is 326 g/mol. The van der Waals surface area contributed by atoms with Crippen LogP contribution in [0.3, 0.4) is 0 Å². The zero-order valence-electron chi connectivity index (χ0n) is 14.8. The Bertz CT molecular complexity index is 816. The molecule has 0 spiro atoms. The van der Waals surface area contributed by atoms with Crippen molar-refractivity contribution >= 4 is 23.2 Å². The summed E-state index contributed by atoms with van der Waals surface area (Å²) < 4.78 is 0. The lowest BCUT2D eigenvalue weighted by Crippen LogP contribution is -2.37. The summed E-state index contributed by atoms with van der Waals surface area (Å²) in [7, 11) is 0. The standard InChI is InChI=1S/C21H23N3O2/c25-20(15-23-13-11-16-4-1-2-5-17(16)14-23)22-18-7-9-19(10-8-18)24-12-3-6-21(24)26/h1-2,4-5,7-10H,3,6,11-15H2,(H,22,25). The highest BCUT2D eigenvalue weighted by Gasteiger charge is 2.21. The second-order valence-corrected chi connectivity index (χ2v) is 6.97. The van der Waals surface area contributed by atoms with Crippen LogP contribution in [0.4, 0.5) is 11.4 Å². The highest BCUT2D eigenvalue weighted by atomic mass is 16.2. The molecule has 2 aliphatic heterocycles. The van der Waals surface area contributed by atoms with Crippen molar-refractivity contribution in [2.45, 2.75) is 25.8 Å². The van der Waals surface area contributed by atoms with Crippen molar-refractivity contribution in [1.29, 1.82) is 0 Å². The van der Waals surface area contributed by atoms with Crippen LogP contribution in [0.5, 0.6) is 0 Å². The molecule has 0 aliphatic carbocycles. The van der Waals surface area contributed by atoms with Crippen LogP contribution in [0.2, 0.25) is 0 Å². The minimum Gasteiger partial charge on any atom is -0.325 e. The summed E-state index contributed by atoms with van der Waals surface area (Å²) in [5, 5.41) is 2.96. The summed E-state index contributed by atoms with van der Waals surface area (Å²) in [5.41, 5.74) is 4.36. The highest BCUT2D eigenvalue weighted by Crippen LogP contribution is 2.23. The highest BCUT2D eigenvalue weighted by molar-refractivity contribution is 5.96. The van der Waals surface area contributed by atoms with E-state index in [9.17, 15) is 9.59 Å². The van der Waals surface area contributed by atoms with Crippen LogP contribution < -0.4 is 10.2 Å². The number of amides is 2. The average molecular weight is 349 g/mol. The van der Waals surface area contributed by atoms with E-state index in [4.69, 9.17) is 0 Å². The van der Waals surface area contributed by atoms with E-state index < -0.39 is 0 Å². The molecule has 1 saturated heterocycles. The van der Waals surface area contributed by atoms with Crippen LogP contribution in [-0.4, -0.2) is 36.3 Å². The molecule has 134 valence electrons. The van der Waals surface area contributed by atoms with E-state index in [1.165, 1.54) is 11.1 Å². The molecule has 0 aromatic heterocycles. The topological polar surface area (TPSA) is 52.7 Å². The van der Waals surface area contributed by atoms with Gasteiger partial charge in [0.2, 0.25) is 11.8 Å². The lowest BCUT2D eigenvalue weighted by Gasteiger charge is -2.28. The van der Waals surface area contributed by atoms with E-state index in [1.807, 2.05) is 24.3 Å². The largest absolute Gasteiger partial charge is 0.325 e. The third-order valence-corrected chi connectivity index (χ3v) is 5.11. The number of rotatable bonds is 4. The fraction of sp³-hybridized carbons (Fsp3) is 0.333. The maximum Gasteiger partial charge on any atom is 0.238 e. The summed E-state index contributed by atoms with van der Waals surface area (Å²) in [5.74, 6) is 0.168. The average Bonchev–Trinajstić information content (AvgIpc) is 3.08. The summed E-state index contributed by atoms with van der Waals surface area (Å²) in [6.45, 7) is 2.89. The molecule has 2 aromatic carbocycles. The van der Waals surface area contributed by atoms with Crippen molar-refractivity contribution in [3.8, 4) is 0 Å². The fourth-order valence-corrected chi connectivity index (χ4v) is 3.74. The molecule has 2 aromatic rings. The lowest BCUT2D eigenvalue weighted by atomic mass is 10.00. The van der Waals surface area contributed by atoms with Crippen LogP contribution in [0.25, 0.3) is 0 Å². The van der Waals surface area contributed by atoms with Gasteiger partial charge in [-0.15, -0.1) is 0 Å². The first kappa shape index (κ1) is 16.8. The number of nitrogens with one attached hydrogen (secondary N) is 1. The molecule has 2 aliphatic rings. The SMILES string of the molecule is O=C(CN1CCc2ccccc2C1)Nc1ccc(N2CCCC2=O)cc1. The second-order valence-electron chi connectivity index (χ2n) is 6.97. The van der Waals surface area contributed by atoms with Crippen LogP contribution in [0.15, 0.2) is 48.5 Å². The van der Waals surface area contributed by atoms with Gasteiger partial charge in [0.05, 0.1) is 6.54 Å². The molecule has 26 heavy (non-hydrogen) atoms. The third kappa shape index (κ3) is 3.63. The van der Waals surface area contributed by atoms with Gasteiger partial charge in [-0.3, -0.25) is 14.5 Å². The molecule has 0 bridgehead atoms. The molecule has 4 rings (SSSR count). The molecule has 0 saturated carbocycles. The Hall–Kier alpha value is -2.66. The Morgan fingerprint density at radius 1 is 0.962 bits per heavy atom. The van der Waals surface area contributed by atoms with E-state index in [-0.39, 0.29) is 11.8 Å². The molecule has 2 heterocycles. The maximum absolute atomic E-state index is 12.4. The Kier molecular flexibility index (Phi) is 4.71. The minimum absolute atomic E-state index is 0.00520. The summed E-state index contributed by atoms with van der Waals surface area (Å²) in [6, 6.07) is 16.0. The smallest absolute Gasteiger partial charge is 0.238 e. The van der Waals surface area contributed by atoms with Crippen molar-refractivity contribution in [3.63, 3.8) is 0 Å². The lowest BCUT2D eigenvalue weighted by molar-refractivity contribution is -0.118. The molecule has 1 fully saturated rings. The Labute approximate surface area is 153 Å². The summed E-state index contributed by atoms with van der Waals surface area (Å²) in [6.07, 6.45) is 2.52. The quantitative estimate of drug-likeness (QED) is 0.923. The van der Waals surface area contributed by atoms with E-state index in [0.717, 1.165) is 43.9 Å². The van der Waals surface area contributed by atoms with Gasteiger partial charge >= 0.3 is 0 Å². The predicted octanol–water partition coefficient (Wildman–Crippen LogP) is 2.81. The Balaban J connectivity index is 1.33. The van der Waals surface area contributed by atoms with Crippen molar-refractivity contribution in [1.82, 2.24) is 4.90 Å². The van der Waals surface area contributed by atoms with Crippen LogP contribution in [0, 0.1) is 0 Å². The molecular formula is C21H23N3O2. The molecule has 1 N–H and O–H groups in total. The van der Waals surface area contributed by atoms with Gasteiger partial charge in [-0.25, -0.2) is 0 Å². The summed E-state index contributed by atoms with van der Waals surface area (Å²) in [4.78, 5) is 28.1. The number of carbonyl (C=O) groups excluding carboxylic acids is 2. The van der Waals surface area contributed by atoms with E-state index in [2.05, 4.69) is 34.5 Å². The number of benzene rings is 2. The van der Waals surface area contributed by atoms with Gasteiger partial charge < -0.3 is 10.2 Å². The number of fused-ring (bicyclic) bond motifs is 1. The van der Waals surface area contributed by atoms with Gasteiger partial charge in [0.25, 0.3) is 0 Å². The monoisotopic (exact) mass is 349 g/mol. The van der Waals surface area contributed by atoms with Crippen LogP contribution in [0.1, 0.15) is 24.0 Å². The Morgan fingerprint density at radius 2 is 1.73 bits per heavy atom. The number of anilines is 2. The van der Waals surface area contributed by atoms with E-state index in [1.54, 1.807) is 4.90 Å². The molecule has 0 unspecified atom stereocenters. The van der Waals surface area contributed by atoms with Crippen molar-refractivity contribution in [2.24, 2.45) is 0 Å². The van der Waals surface area contributed by atoms with Crippen LogP contribution >= 0.6 is 0 Å². The van der Waals surface area contributed by atoms with Gasteiger partial charge in [-0.2, -0.15) is 0 Å². The molecule has 0 radical (unpaired) electrons. The van der Waals surface area contributed by atoms with Gasteiger partial charge in [0.15, 0.2) is 0 Å². The fourth-order valence-electron chi connectivity index (χ4n) is 3.74. The normalized spacial score (nSPS) is 17.2. The zero-order chi connectivity index (χ0) is 17.9. The molecule has 0 atom stereocenters. The van der Waals surface area contributed by atoms with Gasteiger partial charge in [-0.05, 0) is 48.2 Å². The first-order chi connectivity index (χ1) is 12.7. The number of carbonyl (C=O) groups is 2. The van der Waals surface area contributed by atoms with Gasteiger partial charge in [0.1, 0.15) is 0 Å². The van der Waals surface area contributed by atoms with Gasteiger partial charge in [-0.1, -0.05) is 24.3 Å². The summed E-state index contributed by atoms with van der Waals surface area (Å²) >= 11 is 0. The van der Waals surface area contributed by atoms with Crippen molar-refractivity contribution < 1.29 is 9.59 Å². The van der Waals surface area contributed by atoms with Crippen LogP contribution in [-0.2, 0) is 22.6 Å². The number of hydrogen-bond acceptors (Lipinski definition) is 3. The van der Waals surface area contributed by atoms with Crippen molar-refractivity contribution in [3.05, 3.63) is 59.7 Å². The second kappa shape index (κ2) is 7.30. The minimum atomic E-state index is -0.00520. The number of nitrogens with zero attached hydrogens (tertiary/aromatic N) is 2.